The molecule has 0 aromatic heterocycles. The third-order valence-electron chi connectivity index (χ3n) is 2.29. The lowest BCUT2D eigenvalue weighted by atomic mass is 10.1. The molecule has 0 aliphatic carbocycles. The van der Waals surface area contributed by atoms with Crippen LogP contribution in [0.4, 0.5) is 0 Å². The topological polar surface area (TPSA) is 58.9 Å². The predicted octanol–water partition coefficient (Wildman–Crippen LogP) is 2.34. The van der Waals surface area contributed by atoms with Crippen molar-refractivity contribution in [3.05, 3.63) is 35.9 Å². The second-order valence-corrected chi connectivity index (χ2v) is 3.69. The molecule has 0 amide bonds. The van der Waals surface area contributed by atoms with Crippen molar-refractivity contribution >= 4 is 12.0 Å². The summed E-state index contributed by atoms with van der Waals surface area (Å²) in [4.78, 5) is 14.9. The van der Waals surface area contributed by atoms with E-state index in [-0.39, 0.29) is 6.10 Å². The molecule has 0 saturated heterocycles. The summed E-state index contributed by atoms with van der Waals surface area (Å²) in [6, 6.07) is 10.3. The lowest BCUT2D eigenvalue weighted by Crippen LogP contribution is -2.05. The number of carbonyl (C=O) groups excluding carboxylic acids is 1. The molecule has 0 bridgehead atoms. The number of hydrogen-bond donors (Lipinski definition) is 1. The van der Waals surface area contributed by atoms with Crippen molar-refractivity contribution in [3.63, 3.8) is 0 Å². The highest BCUT2D eigenvalue weighted by molar-refractivity contribution is 6.28. The number of benzene rings is 1. The maximum atomic E-state index is 10.1. The average molecular weight is 251 g/mol. The van der Waals surface area contributed by atoms with Crippen LogP contribution in [0.1, 0.15) is 25.3 Å². The number of carbonyl (C=O) groups is 1. The van der Waals surface area contributed by atoms with Gasteiger partial charge in [0, 0.05) is 13.5 Å². The van der Waals surface area contributed by atoms with Gasteiger partial charge in [0.25, 0.3) is 0 Å². The third-order valence-corrected chi connectivity index (χ3v) is 2.29. The van der Waals surface area contributed by atoms with Crippen molar-refractivity contribution in [2.24, 2.45) is 5.16 Å². The molecule has 1 N–H and O–H groups in total. The number of hydrogen-bond acceptors (Lipinski definition) is 4. The van der Waals surface area contributed by atoms with E-state index in [0.29, 0.717) is 12.1 Å². The number of rotatable bonds is 2. The first-order chi connectivity index (χ1) is 8.76. The Bertz CT molecular complexity index is 349. The molecular formula is C14H21NO3. The summed E-state index contributed by atoms with van der Waals surface area (Å²) in [5.41, 5.74) is 1.85. The number of oxime groups is 1. The third kappa shape index (κ3) is 6.81. The summed E-state index contributed by atoms with van der Waals surface area (Å²) >= 11 is 0. The van der Waals surface area contributed by atoms with Crippen LogP contribution in [0.25, 0.3) is 0 Å². The van der Waals surface area contributed by atoms with Crippen LogP contribution in [0.2, 0.25) is 0 Å². The van der Waals surface area contributed by atoms with Crippen molar-refractivity contribution < 1.29 is 14.7 Å². The van der Waals surface area contributed by atoms with Gasteiger partial charge in [0.1, 0.15) is 11.8 Å². The number of aliphatic hydroxyl groups excluding tert-OH is 1. The Morgan fingerprint density at radius 3 is 2.28 bits per heavy atom. The quantitative estimate of drug-likeness (QED) is 0.821. The zero-order valence-corrected chi connectivity index (χ0v) is 11.2. The Kier molecular flexibility index (Phi) is 9.50. The molecule has 0 saturated carbocycles. The Hall–Kier alpha value is -1.68. The van der Waals surface area contributed by atoms with E-state index in [4.69, 9.17) is 9.94 Å². The molecule has 1 aromatic rings. The van der Waals surface area contributed by atoms with Crippen LogP contribution in [0.3, 0.4) is 0 Å². The number of aldehydes is 1. The van der Waals surface area contributed by atoms with E-state index in [1.54, 1.807) is 0 Å². The molecule has 0 fully saturated rings. The summed E-state index contributed by atoms with van der Waals surface area (Å²) in [5.74, 6) is 0. The van der Waals surface area contributed by atoms with Gasteiger partial charge in [-0.2, -0.15) is 0 Å². The van der Waals surface area contributed by atoms with Gasteiger partial charge >= 0.3 is 0 Å². The first-order valence-corrected chi connectivity index (χ1v) is 5.90. The molecule has 1 atom stereocenters. The van der Waals surface area contributed by atoms with Crippen LogP contribution >= 0.6 is 0 Å². The van der Waals surface area contributed by atoms with Gasteiger partial charge in [0.15, 0.2) is 6.29 Å². The summed E-state index contributed by atoms with van der Waals surface area (Å²) in [5, 5.41) is 10.6. The van der Waals surface area contributed by atoms with E-state index in [1.807, 2.05) is 25.1 Å². The van der Waals surface area contributed by atoms with Crippen LogP contribution in [-0.2, 0) is 9.63 Å². The first kappa shape index (κ1) is 16.3. The Morgan fingerprint density at radius 1 is 1.39 bits per heavy atom. The van der Waals surface area contributed by atoms with Crippen LogP contribution < -0.4 is 0 Å². The zero-order valence-electron chi connectivity index (χ0n) is 11.2. The molecule has 4 nitrogen and oxygen atoms in total. The molecule has 1 unspecified atom stereocenters. The van der Waals surface area contributed by atoms with Crippen molar-refractivity contribution in [2.45, 2.75) is 32.8 Å². The Balaban J connectivity index is 0.000000289. The smallest absolute Gasteiger partial charge is 0.167 e. The average Bonchev–Trinajstić information content (AvgIpc) is 2.91. The molecule has 18 heavy (non-hydrogen) atoms. The van der Waals surface area contributed by atoms with Crippen LogP contribution in [0, 0.1) is 6.92 Å². The van der Waals surface area contributed by atoms with Gasteiger partial charge in [-0.1, -0.05) is 48.0 Å². The van der Waals surface area contributed by atoms with Crippen LogP contribution in [0.15, 0.2) is 35.5 Å². The second-order valence-electron chi connectivity index (χ2n) is 3.69. The Labute approximate surface area is 108 Å². The Morgan fingerprint density at radius 2 is 2.00 bits per heavy atom. The summed E-state index contributed by atoms with van der Waals surface area (Å²) in [7, 11) is 1.00. The normalized spacial score (nSPS) is 16.2. The molecule has 1 heterocycles. The predicted molar refractivity (Wildman–Crippen MR) is 72.6 cm³/mol. The van der Waals surface area contributed by atoms with Gasteiger partial charge in [-0.3, -0.25) is 4.79 Å². The minimum Gasteiger partial charge on any atom is -0.400 e. The lowest BCUT2D eigenvalue weighted by Gasteiger charge is -2.00. The first-order valence-electron chi connectivity index (χ1n) is 5.90. The van der Waals surface area contributed by atoms with Crippen LogP contribution in [-0.4, -0.2) is 30.3 Å². The molecular weight excluding hydrogens is 230 g/mol. The summed E-state index contributed by atoms with van der Waals surface area (Å²) in [6.45, 7) is 4.09. The van der Waals surface area contributed by atoms with E-state index in [1.165, 1.54) is 5.56 Å². The molecule has 1 aromatic carbocycles. The fourth-order valence-corrected chi connectivity index (χ4v) is 1.27. The maximum Gasteiger partial charge on any atom is 0.167 e. The van der Waals surface area contributed by atoms with E-state index >= 15 is 0 Å². The monoisotopic (exact) mass is 251 g/mol. The molecule has 0 spiro atoms. The van der Waals surface area contributed by atoms with E-state index in [2.05, 4.69) is 24.2 Å². The van der Waals surface area contributed by atoms with E-state index < -0.39 is 0 Å². The maximum absolute atomic E-state index is 10.1. The van der Waals surface area contributed by atoms with Crippen LogP contribution in [0.5, 0.6) is 0 Å². The van der Waals surface area contributed by atoms with Gasteiger partial charge < -0.3 is 9.94 Å². The van der Waals surface area contributed by atoms with Gasteiger partial charge in [-0.05, 0) is 13.3 Å². The number of aryl methyl sites for hydroxylation is 1. The van der Waals surface area contributed by atoms with Crippen molar-refractivity contribution in [3.8, 4) is 0 Å². The fourth-order valence-electron chi connectivity index (χ4n) is 1.27. The van der Waals surface area contributed by atoms with E-state index in [0.717, 1.165) is 19.8 Å². The summed E-state index contributed by atoms with van der Waals surface area (Å²) in [6.07, 6.45) is 2.49. The highest BCUT2D eigenvalue weighted by Gasteiger charge is 2.17. The minimum absolute atomic E-state index is 0.144. The van der Waals surface area contributed by atoms with Crippen molar-refractivity contribution in [1.29, 1.82) is 0 Å². The molecule has 100 valence electrons. The molecule has 2 rings (SSSR count). The van der Waals surface area contributed by atoms with Gasteiger partial charge in [-0.25, -0.2) is 0 Å². The molecule has 0 radical (unpaired) electrons. The fraction of sp³-hybridized carbons (Fsp3) is 0.429. The second kappa shape index (κ2) is 10.5. The van der Waals surface area contributed by atoms with Crippen molar-refractivity contribution in [1.82, 2.24) is 0 Å². The summed E-state index contributed by atoms with van der Waals surface area (Å²) < 4.78 is 0. The van der Waals surface area contributed by atoms with E-state index in [9.17, 15) is 4.79 Å². The number of aliphatic hydroxyl groups is 1. The minimum atomic E-state index is 0.144. The lowest BCUT2D eigenvalue weighted by molar-refractivity contribution is -0.102. The van der Waals surface area contributed by atoms with Gasteiger partial charge in [-0.15, -0.1) is 0 Å². The van der Waals surface area contributed by atoms with Gasteiger partial charge in [0.2, 0.25) is 0 Å². The molecule has 1 aliphatic rings. The zero-order chi connectivity index (χ0) is 13.8. The largest absolute Gasteiger partial charge is 0.400 e. The molecule has 4 heteroatoms. The number of nitrogens with zero attached hydrogens (tertiary/aromatic N) is 1. The molecule has 1 aliphatic heterocycles. The van der Waals surface area contributed by atoms with Crippen molar-refractivity contribution in [2.75, 3.05) is 7.11 Å². The SMILES string of the molecule is CCC1CC(C=O)=NO1.CO.Cc1ccccc1. The highest BCUT2D eigenvalue weighted by Crippen LogP contribution is 2.11. The van der Waals surface area contributed by atoms with Gasteiger partial charge in [0.05, 0.1) is 0 Å². The highest BCUT2D eigenvalue weighted by atomic mass is 16.6. The standard InChI is InChI=1S/C7H8.C6H9NO2.CH4O/c1-7-5-3-2-4-6-7;1-2-6-3-5(4-8)7-9-6;1-2/h2-6H,1H3;4,6H,2-3H2,1H3;2H,1H3.